The van der Waals surface area contributed by atoms with E-state index in [9.17, 15) is 5.11 Å². The number of ether oxygens (including phenoxy) is 1. The Morgan fingerprint density at radius 3 is 2.64 bits per heavy atom. The van der Waals surface area contributed by atoms with E-state index in [1.54, 1.807) is 10.9 Å². The molecule has 0 aliphatic carbocycles. The average Bonchev–Trinajstić information content (AvgIpc) is 3.15. The minimum atomic E-state index is -2.06. The predicted molar refractivity (Wildman–Crippen MR) is 120 cm³/mol. The summed E-state index contributed by atoms with van der Waals surface area (Å²) in [5, 5.41) is 10.3. The summed E-state index contributed by atoms with van der Waals surface area (Å²) in [7, 11) is -2.06. The fourth-order valence-corrected chi connectivity index (χ4v) is 5.40. The van der Waals surface area contributed by atoms with Gasteiger partial charge in [-0.15, -0.1) is 0 Å². The minimum absolute atomic E-state index is 0.0510. The van der Waals surface area contributed by atoms with Gasteiger partial charge in [0.1, 0.15) is 17.3 Å². The summed E-state index contributed by atoms with van der Waals surface area (Å²) in [6.45, 7) is 10.9. The molecule has 11 heteroatoms. The molecule has 1 aliphatic rings. The van der Waals surface area contributed by atoms with E-state index >= 15 is 0 Å². The first-order valence-electron chi connectivity index (χ1n) is 9.22. The number of halogens is 1. The maximum absolute atomic E-state index is 10.2. The second-order valence-corrected chi connectivity index (χ2v) is 14.3. The van der Waals surface area contributed by atoms with E-state index in [2.05, 4.69) is 71.4 Å². The second kappa shape index (κ2) is 7.34. The second-order valence-electron chi connectivity index (χ2n) is 8.82. The van der Waals surface area contributed by atoms with Gasteiger partial charge in [0.2, 0.25) is 5.95 Å². The molecule has 1 saturated heterocycles. The van der Waals surface area contributed by atoms with Crippen molar-refractivity contribution in [1.29, 1.82) is 0 Å². The Morgan fingerprint density at radius 2 is 2.07 bits per heavy atom. The molecular weight excluding hydrogens is 491 g/mol. The number of hydrogen-bond donors (Lipinski definition) is 3. The topological polar surface area (TPSA) is 134 Å². The number of aliphatic hydroxyl groups is 1. The average molecular weight is 520 g/mol. The van der Waals surface area contributed by atoms with Gasteiger partial charge in [0.25, 0.3) is 0 Å². The van der Waals surface area contributed by atoms with E-state index in [4.69, 9.17) is 20.6 Å². The third-order valence-corrected chi connectivity index (χ3v) is 11.7. The summed E-state index contributed by atoms with van der Waals surface area (Å²) in [5.74, 6) is 0.316. The quantitative estimate of drug-likeness (QED) is 0.311. The Bertz CT molecular complexity index is 864. The number of rotatable bonds is 5. The molecule has 2 aromatic rings. The number of aromatic nitrogens is 4. The van der Waals surface area contributed by atoms with Crippen LogP contribution in [-0.4, -0.2) is 55.7 Å². The highest BCUT2D eigenvalue weighted by atomic mass is 127. The van der Waals surface area contributed by atoms with E-state index < -0.39 is 20.1 Å². The number of nitrogens with zero attached hydrogens (tertiary/aromatic N) is 4. The van der Waals surface area contributed by atoms with Crippen molar-refractivity contribution in [2.45, 2.75) is 63.3 Å². The smallest absolute Gasteiger partial charge is 0.224 e. The van der Waals surface area contributed by atoms with Gasteiger partial charge in [0.15, 0.2) is 19.8 Å². The Hall–Kier alpha value is -1.02. The summed E-state index contributed by atoms with van der Waals surface area (Å²) in [4.78, 5) is 12.6. The highest BCUT2D eigenvalue weighted by Crippen LogP contribution is 2.45. The van der Waals surface area contributed by atoms with Crippen molar-refractivity contribution in [3.8, 4) is 0 Å². The molecule has 3 rings (SSSR count). The summed E-state index contributed by atoms with van der Waals surface area (Å²) >= 11 is 2.25. The molecule has 0 saturated carbocycles. The van der Waals surface area contributed by atoms with Crippen LogP contribution in [0.5, 0.6) is 0 Å². The Balaban J connectivity index is 1.98. The molecule has 2 aromatic heterocycles. The monoisotopic (exact) mass is 520 g/mol. The molecule has 0 amide bonds. The van der Waals surface area contributed by atoms with Crippen LogP contribution in [0.4, 0.5) is 11.8 Å². The van der Waals surface area contributed by atoms with Gasteiger partial charge in [-0.3, -0.25) is 4.57 Å². The summed E-state index contributed by atoms with van der Waals surface area (Å²) in [6, 6.07) is 0. The van der Waals surface area contributed by atoms with E-state index in [-0.39, 0.29) is 29.5 Å². The first-order valence-corrected chi connectivity index (χ1v) is 13.7. The molecule has 3 atom stereocenters. The van der Waals surface area contributed by atoms with Gasteiger partial charge >= 0.3 is 0 Å². The van der Waals surface area contributed by atoms with Gasteiger partial charge in [-0.2, -0.15) is 9.97 Å². The normalized spacial score (nSPS) is 26.2. The van der Waals surface area contributed by atoms with E-state index in [0.717, 1.165) is 0 Å². The van der Waals surface area contributed by atoms with Crippen molar-refractivity contribution in [1.82, 2.24) is 19.5 Å². The van der Waals surface area contributed by atoms with Crippen LogP contribution in [0.25, 0.3) is 11.2 Å². The highest BCUT2D eigenvalue weighted by molar-refractivity contribution is 14.1. The lowest BCUT2D eigenvalue weighted by Gasteiger charge is -2.42. The van der Waals surface area contributed by atoms with Crippen LogP contribution in [0.1, 0.15) is 33.4 Å². The number of anilines is 2. The van der Waals surface area contributed by atoms with Gasteiger partial charge < -0.3 is 25.7 Å². The number of nitrogens with two attached hydrogens (primary N) is 2. The van der Waals surface area contributed by atoms with Crippen LogP contribution in [0.2, 0.25) is 18.1 Å². The number of aliphatic hydroxyl groups excluding tert-OH is 1. The molecule has 0 radical (unpaired) electrons. The summed E-state index contributed by atoms with van der Waals surface area (Å²) < 4.78 is 15.5. The molecule has 0 aromatic carbocycles. The fourth-order valence-electron chi connectivity index (χ4n) is 3.12. The van der Waals surface area contributed by atoms with E-state index in [0.29, 0.717) is 22.0 Å². The molecule has 28 heavy (non-hydrogen) atoms. The fraction of sp³-hybridized carbons (Fsp3) is 0.706. The number of nitrogen functional groups attached to an aromatic ring is 2. The number of alkyl halides is 1. The molecule has 1 aliphatic heterocycles. The zero-order valence-corrected chi connectivity index (χ0v) is 20.1. The third kappa shape index (κ3) is 3.62. The van der Waals surface area contributed by atoms with Gasteiger partial charge in [-0.25, -0.2) is 4.98 Å². The Kier molecular flexibility index (Phi) is 5.69. The summed E-state index contributed by atoms with van der Waals surface area (Å²) in [6.07, 6.45) is 1.57. The molecule has 3 heterocycles. The zero-order valence-electron chi connectivity index (χ0n) is 16.9. The Labute approximate surface area is 179 Å². The zero-order chi connectivity index (χ0) is 20.9. The van der Waals surface area contributed by atoms with Crippen molar-refractivity contribution < 1.29 is 14.3 Å². The number of hydrogen-bond acceptors (Lipinski definition) is 8. The van der Waals surface area contributed by atoms with Crippen LogP contribution < -0.4 is 11.5 Å². The molecule has 0 bridgehead atoms. The maximum Gasteiger partial charge on any atom is 0.224 e. The van der Waals surface area contributed by atoms with Crippen LogP contribution in [0.3, 0.4) is 0 Å². The largest absolute Gasteiger partial charge is 0.411 e. The maximum atomic E-state index is 10.2. The van der Waals surface area contributed by atoms with Crippen molar-refractivity contribution in [3.05, 3.63) is 6.33 Å². The van der Waals surface area contributed by atoms with Crippen LogP contribution >= 0.6 is 22.6 Å². The molecule has 0 unspecified atom stereocenters. The van der Waals surface area contributed by atoms with Crippen molar-refractivity contribution in [2.75, 3.05) is 22.5 Å². The van der Waals surface area contributed by atoms with Gasteiger partial charge in [-0.1, -0.05) is 43.4 Å². The lowest BCUT2D eigenvalue weighted by Crippen LogP contribution is -2.53. The first kappa shape index (κ1) is 21.7. The van der Waals surface area contributed by atoms with Crippen molar-refractivity contribution in [3.63, 3.8) is 0 Å². The molecule has 0 spiro atoms. The number of imidazole rings is 1. The standard InChI is InChI=1S/C17H29IN6O3Si/c1-16(2,3)28(4,5)27-10-6-11(26-17(10,7-18)8-25)24-9-21-12-13(19)22-15(20)23-14(12)24/h9-11,25H,6-8H2,1-5H3,(H4,19,20,22,23)/t10-,11+,17+/m0/s1. The Morgan fingerprint density at radius 1 is 1.39 bits per heavy atom. The number of fused-ring (bicyclic) bond motifs is 1. The first-order chi connectivity index (χ1) is 12.9. The van der Waals surface area contributed by atoms with E-state index in [1.165, 1.54) is 0 Å². The summed E-state index contributed by atoms with van der Waals surface area (Å²) in [5.41, 5.74) is 11.9. The molecule has 1 fully saturated rings. The lowest BCUT2D eigenvalue weighted by atomic mass is 10.0. The molecule has 5 N–H and O–H groups in total. The lowest BCUT2D eigenvalue weighted by molar-refractivity contribution is -0.107. The third-order valence-electron chi connectivity index (χ3n) is 5.89. The van der Waals surface area contributed by atoms with Crippen molar-refractivity contribution >= 4 is 53.8 Å². The van der Waals surface area contributed by atoms with Crippen molar-refractivity contribution in [2.24, 2.45) is 0 Å². The van der Waals surface area contributed by atoms with E-state index in [1.807, 2.05) is 0 Å². The predicted octanol–water partition coefficient (Wildman–Crippen LogP) is 2.47. The van der Waals surface area contributed by atoms with Gasteiger partial charge in [-0.05, 0) is 18.1 Å². The SMILES string of the molecule is CC(C)(C)[Si](C)(C)O[C@H]1C[C@H](n2cnc3c(N)nc(N)nc32)O[C@@]1(CO)CI. The minimum Gasteiger partial charge on any atom is -0.411 e. The molecule has 9 nitrogen and oxygen atoms in total. The molecular formula is C17H29IN6O3Si. The van der Waals surface area contributed by atoms with Crippen LogP contribution in [0, 0.1) is 0 Å². The highest BCUT2D eigenvalue weighted by Gasteiger charge is 2.53. The van der Waals surface area contributed by atoms with Gasteiger partial charge in [0.05, 0.1) is 19.0 Å². The van der Waals surface area contributed by atoms with Crippen LogP contribution in [0.15, 0.2) is 6.33 Å². The molecule has 156 valence electrons. The van der Waals surface area contributed by atoms with Gasteiger partial charge in [0, 0.05) is 10.8 Å². The van der Waals surface area contributed by atoms with Crippen LogP contribution in [-0.2, 0) is 9.16 Å².